The molecule has 1 rings (SSSR count). The maximum absolute atomic E-state index is 13.3. The van der Waals surface area contributed by atoms with E-state index in [2.05, 4.69) is 4.74 Å². The third-order valence-electron chi connectivity index (χ3n) is 2.39. The third-order valence-corrected chi connectivity index (χ3v) is 2.39. The molecule has 6 heteroatoms. The largest absolute Gasteiger partial charge is 0.465 e. The molecule has 96 valence electrons. The lowest BCUT2D eigenvalue weighted by molar-refractivity contribution is -0.147. The molecule has 0 aromatic heterocycles. The molecule has 1 atom stereocenters. The van der Waals surface area contributed by atoms with Gasteiger partial charge in [0.2, 0.25) is 0 Å². The number of hydrogen-bond acceptors (Lipinski definition) is 3. The van der Waals surface area contributed by atoms with Gasteiger partial charge in [0.1, 0.15) is 6.04 Å². The van der Waals surface area contributed by atoms with Crippen molar-refractivity contribution in [2.75, 3.05) is 6.61 Å². The Balaban J connectivity index is 0.00000225. The van der Waals surface area contributed by atoms with E-state index in [0.717, 1.165) is 12.8 Å². The number of carbonyl (C=O) groups is 1. The molecule has 1 unspecified atom stereocenters. The molecular weight excluding hydrogens is 240 g/mol. The van der Waals surface area contributed by atoms with Gasteiger partial charge in [-0.15, -0.1) is 12.4 Å². The van der Waals surface area contributed by atoms with E-state index in [1.807, 2.05) is 0 Å². The van der Waals surface area contributed by atoms with Crippen LogP contribution in [0.15, 0.2) is 0 Å². The Morgan fingerprint density at radius 3 is 2.56 bits per heavy atom. The topological polar surface area (TPSA) is 52.3 Å². The molecule has 0 aromatic carbocycles. The molecule has 1 aliphatic rings. The molecule has 1 saturated carbocycles. The van der Waals surface area contributed by atoms with E-state index in [9.17, 15) is 13.6 Å². The molecule has 1 fully saturated rings. The fourth-order valence-electron chi connectivity index (χ4n) is 1.48. The average molecular weight is 258 g/mol. The van der Waals surface area contributed by atoms with Crippen LogP contribution in [-0.4, -0.2) is 24.5 Å². The van der Waals surface area contributed by atoms with E-state index < -0.39 is 24.4 Å². The molecule has 0 aromatic rings. The number of nitrogens with two attached hydrogens (primary N) is 1. The van der Waals surface area contributed by atoms with Crippen molar-refractivity contribution in [1.82, 2.24) is 0 Å². The molecule has 3 nitrogen and oxygen atoms in total. The monoisotopic (exact) mass is 257 g/mol. The highest BCUT2D eigenvalue weighted by Crippen LogP contribution is 2.40. The molecule has 0 spiro atoms. The average Bonchev–Trinajstić information content (AvgIpc) is 2.86. The second kappa shape index (κ2) is 6.35. The number of alkyl halides is 2. The number of rotatable bonds is 6. The number of ether oxygens (including phenoxy) is 1. The highest BCUT2D eigenvalue weighted by molar-refractivity contribution is 5.85. The molecule has 0 aliphatic heterocycles. The molecular formula is C10H18ClF2NO2. The zero-order valence-electron chi connectivity index (χ0n) is 9.25. The molecule has 1 aliphatic carbocycles. The lowest BCUT2D eigenvalue weighted by Gasteiger charge is -2.19. The normalized spacial score (nSPS) is 17.5. The van der Waals surface area contributed by atoms with Crippen LogP contribution in [0.3, 0.4) is 0 Å². The zero-order valence-corrected chi connectivity index (χ0v) is 10.1. The first kappa shape index (κ1) is 15.6. The summed E-state index contributed by atoms with van der Waals surface area (Å²) in [5.41, 5.74) is 5.33. The highest BCUT2D eigenvalue weighted by Gasteiger charge is 2.39. The van der Waals surface area contributed by atoms with Crippen molar-refractivity contribution >= 4 is 18.4 Å². The van der Waals surface area contributed by atoms with Crippen molar-refractivity contribution in [1.29, 1.82) is 0 Å². The van der Waals surface area contributed by atoms with Crippen molar-refractivity contribution in [2.45, 2.75) is 44.6 Å². The minimum Gasteiger partial charge on any atom is -0.465 e. The van der Waals surface area contributed by atoms with Crippen LogP contribution in [0.5, 0.6) is 0 Å². The number of halogens is 3. The SMILES string of the molecule is CCOC(=O)C(N)CC(F)(F)CC1CC1.Cl. The Morgan fingerprint density at radius 1 is 1.56 bits per heavy atom. The predicted octanol–water partition coefficient (Wildman–Crippen LogP) is 2.12. The lowest BCUT2D eigenvalue weighted by atomic mass is 10.0. The molecule has 0 radical (unpaired) electrons. The van der Waals surface area contributed by atoms with E-state index in [1.54, 1.807) is 6.92 Å². The third kappa shape index (κ3) is 5.61. The van der Waals surface area contributed by atoms with Crippen molar-refractivity contribution in [3.8, 4) is 0 Å². The first-order valence-electron chi connectivity index (χ1n) is 5.24. The van der Waals surface area contributed by atoms with Gasteiger partial charge in [0.25, 0.3) is 5.92 Å². The second-order valence-corrected chi connectivity index (χ2v) is 4.07. The summed E-state index contributed by atoms with van der Waals surface area (Å²) < 4.78 is 31.1. The van der Waals surface area contributed by atoms with Crippen LogP contribution < -0.4 is 5.73 Å². The summed E-state index contributed by atoms with van der Waals surface area (Å²) in [5.74, 6) is -3.46. The summed E-state index contributed by atoms with van der Waals surface area (Å²) in [7, 11) is 0. The number of esters is 1. The fraction of sp³-hybridized carbons (Fsp3) is 0.900. The van der Waals surface area contributed by atoms with Gasteiger partial charge in [0, 0.05) is 12.8 Å². The van der Waals surface area contributed by atoms with Crippen LogP contribution in [0.2, 0.25) is 0 Å². The van der Waals surface area contributed by atoms with Crippen LogP contribution in [-0.2, 0) is 9.53 Å². The van der Waals surface area contributed by atoms with Crippen LogP contribution >= 0.6 is 12.4 Å². The predicted molar refractivity (Wildman–Crippen MR) is 58.8 cm³/mol. The molecule has 0 bridgehead atoms. The Hall–Kier alpha value is -0.420. The Bertz CT molecular complexity index is 235. The first-order valence-corrected chi connectivity index (χ1v) is 5.24. The summed E-state index contributed by atoms with van der Waals surface area (Å²) in [4.78, 5) is 11.0. The molecule has 16 heavy (non-hydrogen) atoms. The first-order chi connectivity index (χ1) is 6.94. The van der Waals surface area contributed by atoms with Gasteiger partial charge in [-0.1, -0.05) is 0 Å². The second-order valence-electron chi connectivity index (χ2n) is 4.07. The van der Waals surface area contributed by atoms with Gasteiger partial charge in [0.05, 0.1) is 6.61 Å². The minimum atomic E-state index is -2.84. The van der Waals surface area contributed by atoms with Crippen molar-refractivity contribution in [3.05, 3.63) is 0 Å². The maximum atomic E-state index is 13.3. The standard InChI is InChI=1S/C10H17F2NO2.ClH/c1-2-15-9(14)8(13)6-10(11,12)5-7-3-4-7;/h7-8H,2-6,13H2,1H3;1H. The summed E-state index contributed by atoms with van der Waals surface area (Å²) in [6.45, 7) is 1.79. The summed E-state index contributed by atoms with van der Waals surface area (Å²) in [6, 6.07) is -1.21. The van der Waals surface area contributed by atoms with Crippen LogP contribution in [0.1, 0.15) is 32.6 Å². The summed E-state index contributed by atoms with van der Waals surface area (Å²) >= 11 is 0. The lowest BCUT2D eigenvalue weighted by Crippen LogP contribution is -2.38. The van der Waals surface area contributed by atoms with Crippen molar-refractivity contribution in [3.63, 3.8) is 0 Å². The smallest absolute Gasteiger partial charge is 0.323 e. The van der Waals surface area contributed by atoms with E-state index in [4.69, 9.17) is 5.73 Å². The van der Waals surface area contributed by atoms with Gasteiger partial charge in [-0.2, -0.15) is 0 Å². The minimum absolute atomic E-state index is 0. The molecule has 2 N–H and O–H groups in total. The van der Waals surface area contributed by atoms with Crippen LogP contribution in [0.4, 0.5) is 8.78 Å². The fourth-order valence-corrected chi connectivity index (χ4v) is 1.48. The summed E-state index contributed by atoms with van der Waals surface area (Å²) in [5, 5.41) is 0. The highest BCUT2D eigenvalue weighted by atomic mass is 35.5. The van der Waals surface area contributed by atoms with Crippen LogP contribution in [0, 0.1) is 5.92 Å². The molecule has 0 amide bonds. The van der Waals surface area contributed by atoms with Gasteiger partial charge in [-0.25, -0.2) is 8.78 Å². The molecule has 0 saturated heterocycles. The van der Waals surface area contributed by atoms with Gasteiger partial charge in [-0.05, 0) is 25.7 Å². The number of carbonyl (C=O) groups excluding carboxylic acids is 1. The van der Waals surface area contributed by atoms with E-state index >= 15 is 0 Å². The van der Waals surface area contributed by atoms with Gasteiger partial charge in [-0.3, -0.25) is 4.79 Å². The Morgan fingerprint density at radius 2 is 2.12 bits per heavy atom. The maximum Gasteiger partial charge on any atom is 0.323 e. The van der Waals surface area contributed by atoms with E-state index in [1.165, 1.54) is 0 Å². The quantitative estimate of drug-likeness (QED) is 0.742. The Kier molecular flexibility index (Phi) is 6.18. The van der Waals surface area contributed by atoms with Crippen LogP contribution in [0.25, 0.3) is 0 Å². The van der Waals surface area contributed by atoms with E-state index in [-0.39, 0.29) is 31.4 Å². The molecule has 0 heterocycles. The van der Waals surface area contributed by atoms with Gasteiger partial charge >= 0.3 is 5.97 Å². The van der Waals surface area contributed by atoms with Crippen molar-refractivity contribution < 1.29 is 18.3 Å². The zero-order chi connectivity index (χ0) is 11.5. The van der Waals surface area contributed by atoms with Gasteiger partial charge < -0.3 is 10.5 Å². The summed E-state index contributed by atoms with van der Waals surface area (Å²) in [6.07, 6.45) is 0.969. The van der Waals surface area contributed by atoms with Gasteiger partial charge in [0.15, 0.2) is 0 Å². The van der Waals surface area contributed by atoms with E-state index in [0.29, 0.717) is 0 Å². The Labute approximate surface area is 100 Å². The number of hydrogen-bond donors (Lipinski definition) is 1. The van der Waals surface area contributed by atoms with Crippen molar-refractivity contribution in [2.24, 2.45) is 11.7 Å².